The lowest BCUT2D eigenvalue weighted by molar-refractivity contribution is -0.123. The maximum atomic E-state index is 13.0. The fraction of sp³-hybridized carbons (Fsp3) is 0.588. The van der Waals surface area contributed by atoms with Gasteiger partial charge in [0, 0.05) is 18.3 Å². The molecular formula is C17H24N2O. The molecule has 3 atom stereocenters. The molecule has 3 nitrogen and oxygen atoms in total. The van der Waals surface area contributed by atoms with E-state index >= 15 is 0 Å². The molecular weight excluding hydrogens is 248 g/mol. The van der Waals surface area contributed by atoms with Crippen molar-refractivity contribution >= 4 is 11.6 Å². The average Bonchev–Trinajstić information content (AvgIpc) is 2.46. The van der Waals surface area contributed by atoms with Gasteiger partial charge in [0.2, 0.25) is 5.91 Å². The van der Waals surface area contributed by atoms with E-state index in [1.165, 1.54) is 5.56 Å². The molecule has 0 bridgehead atoms. The number of hydrogen-bond acceptors (Lipinski definition) is 2. The van der Waals surface area contributed by atoms with Crippen molar-refractivity contribution in [2.24, 2.45) is 11.8 Å². The minimum absolute atomic E-state index is 0.132. The minimum Gasteiger partial charge on any atom is -0.316 e. The number of anilines is 1. The maximum absolute atomic E-state index is 13.0. The highest BCUT2D eigenvalue weighted by molar-refractivity contribution is 5.97. The molecule has 0 saturated carbocycles. The molecule has 108 valence electrons. The number of hydrogen-bond donors (Lipinski definition) is 1. The van der Waals surface area contributed by atoms with Crippen LogP contribution in [-0.2, 0) is 11.2 Å². The Kier molecular flexibility index (Phi) is 3.79. The molecule has 2 heterocycles. The SMILES string of the molecule is CC1CNCC(C(=O)N2c3ccccc3CCC2C)C1. The van der Waals surface area contributed by atoms with Gasteiger partial charge in [0.25, 0.3) is 0 Å². The third-order valence-electron chi connectivity index (χ3n) is 4.68. The Morgan fingerprint density at radius 1 is 1.25 bits per heavy atom. The summed E-state index contributed by atoms with van der Waals surface area (Å²) in [5.74, 6) is 1.03. The van der Waals surface area contributed by atoms with Crippen LogP contribution in [0, 0.1) is 11.8 Å². The maximum Gasteiger partial charge on any atom is 0.231 e. The van der Waals surface area contributed by atoms with Crippen LogP contribution >= 0.6 is 0 Å². The Bertz CT molecular complexity index is 500. The van der Waals surface area contributed by atoms with E-state index in [9.17, 15) is 4.79 Å². The highest BCUT2D eigenvalue weighted by atomic mass is 16.2. The van der Waals surface area contributed by atoms with Crippen LogP contribution in [-0.4, -0.2) is 25.0 Å². The highest BCUT2D eigenvalue weighted by Gasteiger charge is 2.34. The zero-order valence-electron chi connectivity index (χ0n) is 12.4. The van der Waals surface area contributed by atoms with Gasteiger partial charge in [-0.05, 0) is 50.3 Å². The van der Waals surface area contributed by atoms with E-state index in [4.69, 9.17) is 0 Å². The first-order chi connectivity index (χ1) is 9.66. The van der Waals surface area contributed by atoms with Crippen LogP contribution in [0.15, 0.2) is 24.3 Å². The number of nitrogens with one attached hydrogen (secondary N) is 1. The van der Waals surface area contributed by atoms with Gasteiger partial charge in [-0.25, -0.2) is 0 Å². The Balaban J connectivity index is 1.86. The molecule has 1 fully saturated rings. The summed E-state index contributed by atoms with van der Waals surface area (Å²) in [6.45, 7) is 6.26. The number of piperidine rings is 1. The lowest BCUT2D eigenvalue weighted by Crippen LogP contribution is -2.50. The van der Waals surface area contributed by atoms with Gasteiger partial charge >= 0.3 is 0 Å². The van der Waals surface area contributed by atoms with Crippen molar-refractivity contribution in [3.8, 4) is 0 Å². The van der Waals surface area contributed by atoms with Crippen molar-refractivity contribution in [1.29, 1.82) is 0 Å². The van der Waals surface area contributed by atoms with Gasteiger partial charge in [-0.2, -0.15) is 0 Å². The molecule has 0 aromatic heterocycles. The molecule has 2 aliphatic rings. The second-order valence-corrected chi connectivity index (χ2v) is 6.42. The molecule has 0 radical (unpaired) electrons. The zero-order valence-corrected chi connectivity index (χ0v) is 12.4. The molecule has 0 aliphatic carbocycles. The molecule has 20 heavy (non-hydrogen) atoms. The lowest BCUT2D eigenvalue weighted by Gasteiger charge is -2.39. The van der Waals surface area contributed by atoms with Crippen LogP contribution in [0.25, 0.3) is 0 Å². The molecule has 1 aromatic rings. The topological polar surface area (TPSA) is 32.3 Å². The van der Waals surface area contributed by atoms with Crippen molar-refractivity contribution in [3.05, 3.63) is 29.8 Å². The standard InChI is InChI=1S/C17H24N2O/c1-12-9-15(11-18-10-12)17(20)19-13(2)7-8-14-5-3-4-6-16(14)19/h3-6,12-13,15,18H,7-11H2,1-2H3. The van der Waals surface area contributed by atoms with Crippen LogP contribution in [0.3, 0.4) is 0 Å². The first-order valence-corrected chi connectivity index (χ1v) is 7.78. The first kappa shape index (κ1) is 13.6. The van der Waals surface area contributed by atoms with Gasteiger partial charge < -0.3 is 10.2 Å². The Morgan fingerprint density at radius 3 is 2.85 bits per heavy atom. The summed E-state index contributed by atoms with van der Waals surface area (Å²) >= 11 is 0. The van der Waals surface area contributed by atoms with Gasteiger partial charge in [-0.1, -0.05) is 25.1 Å². The van der Waals surface area contributed by atoms with E-state index in [0.29, 0.717) is 17.9 Å². The fourth-order valence-corrected chi connectivity index (χ4v) is 3.57. The molecule has 3 rings (SSSR count). The molecule has 1 N–H and O–H groups in total. The predicted molar refractivity (Wildman–Crippen MR) is 81.9 cm³/mol. The van der Waals surface area contributed by atoms with Crippen LogP contribution in [0.1, 0.15) is 32.3 Å². The summed E-state index contributed by atoms with van der Waals surface area (Å²) in [6.07, 6.45) is 3.16. The van der Waals surface area contributed by atoms with Crippen molar-refractivity contribution in [2.75, 3.05) is 18.0 Å². The first-order valence-electron chi connectivity index (χ1n) is 7.78. The summed E-state index contributed by atoms with van der Waals surface area (Å²) in [5, 5.41) is 3.40. The summed E-state index contributed by atoms with van der Waals surface area (Å²) in [6, 6.07) is 8.68. The van der Waals surface area contributed by atoms with Crippen molar-refractivity contribution < 1.29 is 4.79 Å². The number of rotatable bonds is 1. The third-order valence-corrected chi connectivity index (χ3v) is 4.68. The number of carbonyl (C=O) groups is 1. The van der Waals surface area contributed by atoms with E-state index < -0.39 is 0 Å². The normalized spacial score (nSPS) is 29.9. The van der Waals surface area contributed by atoms with Gasteiger partial charge in [-0.15, -0.1) is 0 Å². The number of carbonyl (C=O) groups excluding carboxylic acids is 1. The average molecular weight is 272 g/mol. The Morgan fingerprint density at radius 2 is 2.05 bits per heavy atom. The molecule has 3 unspecified atom stereocenters. The predicted octanol–water partition coefficient (Wildman–Crippen LogP) is 2.60. The fourth-order valence-electron chi connectivity index (χ4n) is 3.57. The number of benzene rings is 1. The number of fused-ring (bicyclic) bond motifs is 1. The lowest BCUT2D eigenvalue weighted by atomic mass is 9.88. The largest absolute Gasteiger partial charge is 0.316 e. The summed E-state index contributed by atoms with van der Waals surface area (Å²) < 4.78 is 0. The van der Waals surface area contributed by atoms with Crippen molar-refractivity contribution in [1.82, 2.24) is 5.32 Å². The summed E-state index contributed by atoms with van der Waals surface area (Å²) in [4.78, 5) is 15.0. The van der Waals surface area contributed by atoms with Gasteiger partial charge in [-0.3, -0.25) is 4.79 Å². The molecule has 1 amide bonds. The van der Waals surface area contributed by atoms with E-state index in [0.717, 1.165) is 38.0 Å². The zero-order chi connectivity index (χ0) is 14.1. The highest BCUT2D eigenvalue weighted by Crippen LogP contribution is 2.32. The number of nitrogens with zero attached hydrogens (tertiary/aromatic N) is 1. The molecule has 1 saturated heterocycles. The minimum atomic E-state index is 0.132. The smallest absolute Gasteiger partial charge is 0.231 e. The quantitative estimate of drug-likeness (QED) is 0.852. The van der Waals surface area contributed by atoms with E-state index in [1.807, 2.05) is 6.07 Å². The van der Waals surface area contributed by atoms with Gasteiger partial charge in [0.15, 0.2) is 0 Å². The molecule has 2 aliphatic heterocycles. The second-order valence-electron chi connectivity index (χ2n) is 6.42. The van der Waals surface area contributed by atoms with Crippen LogP contribution < -0.4 is 10.2 Å². The number of aryl methyl sites for hydroxylation is 1. The summed E-state index contributed by atoms with van der Waals surface area (Å²) in [7, 11) is 0. The summed E-state index contributed by atoms with van der Waals surface area (Å²) in [5.41, 5.74) is 2.45. The van der Waals surface area contributed by atoms with Crippen LogP contribution in [0.2, 0.25) is 0 Å². The van der Waals surface area contributed by atoms with Crippen molar-refractivity contribution in [3.63, 3.8) is 0 Å². The van der Waals surface area contributed by atoms with Crippen LogP contribution in [0.4, 0.5) is 5.69 Å². The van der Waals surface area contributed by atoms with Crippen molar-refractivity contribution in [2.45, 2.75) is 39.2 Å². The Hall–Kier alpha value is -1.35. The molecule has 1 aromatic carbocycles. The molecule has 3 heteroatoms. The van der Waals surface area contributed by atoms with E-state index in [1.54, 1.807) is 0 Å². The monoisotopic (exact) mass is 272 g/mol. The second kappa shape index (κ2) is 5.57. The van der Waals surface area contributed by atoms with Crippen LogP contribution in [0.5, 0.6) is 0 Å². The van der Waals surface area contributed by atoms with Gasteiger partial charge in [0.05, 0.1) is 5.92 Å². The number of para-hydroxylation sites is 1. The van der Waals surface area contributed by atoms with E-state index in [2.05, 4.69) is 42.3 Å². The molecule has 0 spiro atoms. The Labute approximate surface area is 121 Å². The number of amides is 1. The third kappa shape index (κ3) is 2.47. The van der Waals surface area contributed by atoms with Gasteiger partial charge in [0.1, 0.15) is 0 Å². The van der Waals surface area contributed by atoms with E-state index in [-0.39, 0.29) is 5.92 Å².